The second-order valence-corrected chi connectivity index (χ2v) is 7.36. The van der Waals surface area contributed by atoms with Crippen molar-refractivity contribution in [1.29, 1.82) is 0 Å². The van der Waals surface area contributed by atoms with Crippen molar-refractivity contribution in [3.63, 3.8) is 0 Å². The van der Waals surface area contributed by atoms with E-state index in [1.165, 1.54) is 5.56 Å². The van der Waals surface area contributed by atoms with Crippen LogP contribution in [0, 0.1) is 5.41 Å². The van der Waals surface area contributed by atoms with Gasteiger partial charge in [0.05, 0.1) is 12.2 Å². The average Bonchev–Trinajstić information content (AvgIpc) is 2.53. The number of methoxy groups -OCH3 is 1. The van der Waals surface area contributed by atoms with Crippen LogP contribution in [0.25, 0.3) is 11.1 Å². The molecule has 0 aliphatic heterocycles. The van der Waals surface area contributed by atoms with Gasteiger partial charge in [0.2, 0.25) is 0 Å². The number of aromatic carboxylic acids is 1. The van der Waals surface area contributed by atoms with Gasteiger partial charge in [0, 0.05) is 7.11 Å². The molecule has 0 spiro atoms. The Morgan fingerprint density at radius 2 is 1.92 bits per heavy atom. The first-order valence-electron chi connectivity index (χ1n) is 8.38. The Morgan fingerprint density at radius 3 is 2.62 bits per heavy atom. The first kappa shape index (κ1) is 16.7. The molecule has 3 nitrogen and oxygen atoms in total. The molecule has 2 aromatic carbocycles. The Balaban J connectivity index is 2.22. The number of hydrogen-bond donors (Lipinski definition) is 1. The Kier molecular flexibility index (Phi) is 4.46. The third-order valence-corrected chi connectivity index (χ3v) is 4.96. The van der Waals surface area contributed by atoms with Crippen molar-refractivity contribution in [3.8, 4) is 11.1 Å². The van der Waals surface area contributed by atoms with Gasteiger partial charge in [0.1, 0.15) is 0 Å². The van der Waals surface area contributed by atoms with Gasteiger partial charge in [-0.3, -0.25) is 0 Å². The van der Waals surface area contributed by atoms with E-state index in [2.05, 4.69) is 19.9 Å². The lowest BCUT2D eigenvalue weighted by molar-refractivity contribution is 0.0695. The largest absolute Gasteiger partial charge is 0.478 e. The third kappa shape index (κ3) is 3.09. The summed E-state index contributed by atoms with van der Waals surface area (Å²) >= 11 is 0. The normalized spacial score (nSPS) is 15.8. The van der Waals surface area contributed by atoms with Crippen LogP contribution in [0.15, 0.2) is 36.4 Å². The third-order valence-electron chi connectivity index (χ3n) is 4.96. The Bertz CT molecular complexity index is 775. The van der Waals surface area contributed by atoms with E-state index >= 15 is 0 Å². The van der Waals surface area contributed by atoms with Crippen LogP contribution in [0.5, 0.6) is 0 Å². The van der Waals surface area contributed by atoms with Gasteiger partial charge in [-0.1, -0.05) is 50.2 Å². The maximum Gasteiger partial charge on any atom is 0.336 e. The lowest BCUT2D eigenvalue weighted by Crippen LogP contribution is -2.24. The molecule has 0 radical (unpaired) electrons. The number of ether oxygens (including phenoxy) is 1. The summed E-state index contributed by atoms with van der Waals surface area (Å²) < 4.78 is 5.29. The molecule has 0 unspecified atom stereocenters. The number of benzene rings is 2. The minimum Gasteiger partial charge on any atom is -0.478 e. The van der Waals surface area contributed by atoms with Crippen LogP contribution < -0.4 is 0 Å². The Hall–Kier alpha value is -2.13. The highest BCUT2D eigenvalue weighted by Gasteiger charge is 2.30. The van der Waals surface area contributed by atoms with E-state index in [-0.39, 0.29) is 5.41 Å². The second kappa shape index (κ2) is 6.40. The van der Waals surface area contributed by atoms with Gasteiger partial charge in [0.25, 0.3) is 0 Å². The second-order valence-electron chi connectivity index (χ2n) is 7.36. The van der Waals surface area contributed by atoms with Crippen molar-refractivity contribution in [1.82, 2.24) is 0 Å². The topological polar surface area (TPSA) is 46.5 Å². The summed E-state index contributed by atoms with van der Waals surface area (Å²) in [6.45, 7) is 4.90. The highest BCUT2D eigenvalue weighted by atomic mass is 16.5. The van der Waals surface area contributed by atoms with Crippen molar-refractivity contribution in [2.75, 3.05) is 7.11 Å². The predicted octanol–water partition coefficient (Wildman–Crippen LogP) is 4.71. The maximum atomic E-state index is 12.1. The van der Waals surface area contributed by atoms with E-state index < -0.39 is 5.97 Å². The van der Waals surface area contributed by atoms with Crippen LogP contribution in [0.1, 0.15) is 47.3 Å². The molecule has 0 saturated carbocycles. The zero-order valence-electron chi connectivity index (χ0n) is 14.6. The molecule has 0 bridgehead atoms. The predicted molar refractivity (Wildman–Crippen MR) is 95.4 cm³/mol. The molecule has 1 aliphatic rings. The van der Waals surface area contributed by atoms with Crippen LogP contribution in [-0.4, -0.2) is 18.2 Å². The smallest absolute Gasteiger partial charge is 0.336 e. The molecule has 0 saturated heterocycles. The Labute approximate surface area is 143 Å². The summed E-state index contributed by atoms with van der Waals surface area (Å²) in [6, 6.07) is 12.0. The van der Waals surface area contributed by atoms with Crippen molar-refractivity contribution >= 4 is 5.97 Å². The van der Waals surface area contributed by atoms with Gasteiger partial charge in [-0.15, -0.1) is 0 Å². The SMILES string of the molecule is COCc1ccccc1-c1ccc2c(c1C(=O)O)CC(C)(C)CC2. The number of carboxylic acids is 1. The molecular formula is C21H24O3. The standard InChI is InChI=1S/C21H24O3/c1-21(2)11-10-14-8-9-17(19(20(22)23)18(14)12-21)16-7-5-4-6-15(16)13-24-3/h4-9H,10-13H2,1-3H3,(H,22,23). The van der Waals surface area contributed by atoms with Crippen molar-refractivity contribution < 1.29 is 14.6 Å². The van der Waals surface area contributed by atoms with E-state index in [1.54, 1.807) is 7.11 Å². The van der Waals surface area contributed by atoms with Gasteiger partial charge in [0.15, 0.2) is 0 Å². The van der Waals surface area contributed by atoms with Crippen molar-refractivity contribution in [2.24, 2.45) is 5.41 Å². The molecule has 3 rings (SSSR count). The van der Waals surface area contributed by atoms with Gasteiger partial charge in [-0.25, -0.2) is 4.79 Å². The number of carbonyl (C=O) groups is 1. The van der Waals surface area contributed by atoms with E-state index in [0.717, 1.165) is 41.5 Å². The fourth-order valence-corrected chi connectivity index (χ4v) is 3.70. The number of rotatable bonds is 4. The lowest BCUT2D eigenvalue weighted by Gasteiger charge is -2.33. The minimum atomic E-state index is -0.841. The van der Waals surface area contributed by atoms with E-state index in [4.69, 9.17) is 4.74 Å². The summed E-state index contributed by atoms with van der Waals surface area (Å²) in [5.74, 6) is -0.841. The van der Waals surface area contributed by atoms with Gasteiger partial charge in [-0.05, 0) is 52.5 Å². The van der Waals surface area contributed by atoms with Gasteiger partial charge < -0.3 is 9.84 Å². The van der Waals surface area contributed by atoms with Gasteiger partial charge in [-0.2, -0.15) is 0 Å². The zero-order valence-corrected chi connectivity index (χ0v) is 14.6. The number of fused-ring (bicyclic) bond motifs is 1. The first-order valence-corrected chi connectivity index (χ1v) is 8.38. The molecule has 0 amide bonds. The molecule has 0 aromatic heterocycles. The molecular weight excluding hydrogens is 300 g/mol. The fraction of sp³-hybridized carbons (Fsp3) is 0.381. The van der Waals surface area contributed by atoms with E-state index in [9.17, 15) is 9.90 Å². The molecule has 0 fully saturated rings. The zero-order chi connectivity index (χ0) is 17.3. The summed E-state index contributed by atoms with van der Waals surface area (Å²) in [4.78, 5) is 12.1. The molecule has 0 atom stereocenters. The monoisotopic (exact) mass is 324 g/mol. The number of aryl methyl sites for hydroxylation is 1. The quantitative estimate of drug-likeness (QED) is 0.885. The number of carboxylic acid groups (broad SMARTS) is 1. The van der Waals surface area contributed by atoms with Crippen LogP contribution in [0.3, 0.4) is 0 Å². The first-order chi connectivity index (χ1) is 11.4. The summed E-state index contributed by atoms with van der Waals surface area (Å²) in [6.07, 6.45) is 2.85. The number of hydrogen-bond acceptors (Lipinski definition) is 2. The highest BCUT2D eigenvalue weighted by Crippen LogP contribution is 2.40. The average molecular weight is 324 g/mol. The maximum absolute atomic E-state index is 12.1. The van der Waals surface area contributed by atoms with E-state index in [1.807, 2.05) is 30.3 Å². The molecule has 1 N–H and O–H groups in total. The summed E-state index contributed by atoms with van der Waals surface area (Å²) in [5.41, 5.74) is 5.54. The lowest BCUT2D eigenvalue weighted by atomic mass is 9.72. The molecule has 2 aromatic rings. The minimum absolute atomic E-state index is 0.141. The molecule has 126 valence electrons. The van der Waals surface area contributed by atoms with Crippen molar-refractivity contribution in [2.45, 2.75) is 39.7 Å². The molecule has 1 aliphatic carbocycles. The highest BCUT2D eigenvalue weighted by molar-refractivity contribution is 5.98. The summed E-state index contributed by atoms with van der Waals surface area (Å²) in [5, 5.41) is 9.94. The van der Waals surface area contributed by atoms with Crippen LogP contribution in [-0.2, 0) is 24.2 Å². The fourth-order valence-electron chi connectivity index (χ4n) is 3.70. The van der Waals surface area contributed by atoms with E-state index in [0.29, 0.717) is 12.2 Å². The molecule has 0 heterocycles. The van der Waals surface area contributed by atoms with Crippen LogP contribution in [0.4, 0.5) is 0 Å². The van der Waals surface area contributed by atoms with Crippen LogP contribution in [0.2, 0.25) is 0 Å². The van der Waals surface area contributed by atoms with Crippen molar-refractivity contribution in [3.05, 3.63) is 58.7 Å². The summed E-state index contributed by atoms with van der Waals surface area (Å²) in [7, 11) is 1.66. The molecule has 24 heavy (non-hydrogen) atoms. The molecule has 3 heteroatoms. The van der Waals surface area contributed by atoms with Crippen LogP contribution >= 0.6 is 0 Å². The van der Waals surface area contributed by atoms with Gasteiger partial charge >= 0.3 is 5.97 Å². The Morgan fingerprint density at radius 1 is 1.17 bits per heavy atom.